The number of nitrogens with zero attached hydrogens (tertiary/aromatic N) is 3. The number of aryl methyl sites for hydroxylation is 1. The average Bonchev–Trinajstić information content (AvgIpc) is 3.21. The Hall–Kier alpha value is -0.980. The fourth-order valence-corrected chi connectivity index (χ4v) is 3.29. The van der Waals surface area contributed by atoms with Gasteiger partial charge in [-0.2, -0.15) is 0 Å². The van der Waals surface area contributed by atoms with Crippen molar-refractivity contribution < 1.29 is 4.79 Å². The van der Waals surface area contributed by atoms with Crippen LogP contribution in [0.15, 0.2) is 5.38 Å². The Balaban J connectivity index is 1.36. The first-order valence-electron chi connectivity index (χ1n) is 7.82. The number of piperazine rings is 1. The molecule has 0 atom stereocenters. The number of amides is 1. The highest BCUT2D eigenvalue weighted by atomic mass is 32.1. The molecule has 6 heteroatoms. The molecular formula is C15H24N4OS. The highest BCUT2D eigenvalue weighted by Crippen LogP contribution is 2.27. The largest absolute Gasteiger partial charge is 0.339 e. The van der Waals surface area contributed by atoms with Gasteiger partial charge in [-0.3, -0.25) is 9.69 Å². The third kappa shape index (κ3) is 4.49. The summed E-state index contributed by atoms with van der Waals surface area (Å²) in [5.41, 5.74) is 1.16. The standard InChI is InChI=1S/C15H24N4OS/c1-12-17-14(11-21-12)10-18-4-6-19(7-5-18)15(20)9-16-8-13-2-3-13/h11,13,16H,2-10H2,1H3. The second kappa shape index (κ2) is 6.85. The first-order valence-corrected chi connectivity index (χ1v) is 8.70. The van der Waals surface area contributed by atoms with Gasteiger partial charge in [-0.25, -0.2) is 4.98 Å². The van der Waals surface area contributed by atoms with Crippen LogP contribution in [0.3, 0.4) is 0 Å². The zero-order valence-corrected chi connectivity index (χ0v) is 13.5. The van der Waals surface area contributed by atoms with Crippen molar-refractivity contribution in [3.63, 3.8) is 0 Å². The molecule has 1 saturated heterocycles. The summed E-state index contributed by atoms with van der Waals surface area (Å²) in [5.74, 6) is 1.08. The van der Waals surface area contributed by atoms with E-state index < -0.39 is 0 Å². The van der Waals surface area contributed by atoms with E-state index in [-0.39, 0.29) is 5.91 Å². The minimum absolute atomic E-state index is 0.250. The maximum absolute atomic E-state index is 12.1. The molecule has 2 heterocycles. The van der Waals surface area contributed by atoms with Crippen LogP contribution in [0.1, 0.15) is 23.5 Å². The number of aromatic nitrogens is 1. The van der Waals surface area contributed by atoms with E-state index in [4.69, 9.17) is 0 Å². The molecule has 0 spiro atoms. The van der Waals surface area contributed by atoms with E-state index in [1.54, 1.807) is 11.3 Å². The van der Waals surface area contributed by atoms with Gasteiger partial charge in [0, 0.05) is 38.1 Å². The van der Waals surface area contributed by atoms with Crippen LogP contribution in [0.25, 0.3) is 0 Å². The molecule has 1 aliphatic heterocycles. The van der Waals surface area contributed by atoms with Gasteiger partial charge in [-0.1, -0.05) is 0 Å². The Bertz CT molecular complexity index is 478. The van der Waals surface area contributed by atoms with Gasteiger partial charge in [0.05, 0.1) is 17.2 Å². The molecule has 0 radical (unpaired) electrons. The minimum atomic E-state index is 0.250. The van der Waals surface area contributed by atoms with Gasteiger partial charge < -0.3 is 10.2 Å². The average molecular weight is 308 g/mol. The summed E-state index contributed by atoms with van der Waals surface area (Å²) < 4.78 is 0. The lowest BCUT2D eigenvalue weighted by Gasteiger charge is -2.34. The molecule has 21 heavy (non-hydrogen) atoms. The lowest BCUT2D eigenvalue weighted by molar-refractivity contribution is -0.132. The smallest absolute Gasteiger partial charge is 0.236 e. The lowest BCUT2D eigenvalue weighted by atomic mass is 10.3. The molecule has 1 aliphatic carbocycles. The summed E-state index contributed by atoms with van der Waals surface area (Å²) in [6.45, 7) is 8.04. The summed E-state index contributed by atoms with van der Waals surface area (Å²) >= 11 is 1.70. The molecule has 116 valence electrons. The summed E-state index contributed by atoms with van der Waals surface area (Å²) in [6, 6.07) is 0. The predicted octanol–water partition coefficient (Wildman–Crippen LogP) is 1.10. The van der Waals surface area contributed by atoms with Gasteiger partial charge in [0.2, 0.25) is 5.91 Å². The SMILES string of the molecule is Cc1nc(CN2CCN(C(=O)CNCC3CC3)CC2)cs1. The van der Waals surface area contributed by atoms with Gasteiger partial charge in [0.1, 0.15) is 0 Å². The second-order valence-electron chi connectivity index (χ2n) is 6.09. The Morgan fingerprint density at radius 1 is 1.38 bits per heavy atom. The van der Waals surface area contributed by atoms with Gasteiger partial charge in [0.15, 0.2) is 0 Å². The van der Waals surface area contributed by atoms with Crippen LogP contribution in [0, 0.1) is 12.8 Å². The van der Waals surface area contributed by atoms with E-state index in [9.17, 15) is 4.79 Å². The topological polar surface area (TPSA) is 48.5 Å². The van der Waals surface area contributed by atoms with E-state index in [0.29, 0.717) is 6.54 Å². The lowest BCUT2D eigenvalue weighted by Crippen LogP contribution is -2.50. The number of carbonyl (C=O) groups excluding carboxylic acids is 1. The molecule has 0 bridgehead atoms. The molecule has 1 aromatic rings. The second-order valence-corrected chi connectivity index (χ2v) is 7.15. The van der Waals surface area contributed by atoms with Crippen LogP contribution in [0.4, 0.5) is 0 Å². The zero-order valence-electron chi connectivity index (χ0n) is 12.7. The molecule has 2 aliphatic rings. The third-order valence-electron chi connectivity index (χ3n) is 4.18. The van der Waals surface area contributed by atoms with E-state index >= 15 is 0 Å². The Morgan fingerprint density at radius 2 is 2.14 bits per heavy atom. The number of nitrogens with one attached hydrogen (secondary N) is 1. The van der Waals surface area contributed by atoms with E-state index in [1.807, 2.05) is 11.8 Å². The molecule has 1 amide bonds. The quantitative estimate of drug-likeness (QED) is 0.855. The molecule has 1 N–H and O–H groups in total. The monoisotopic (exact) mass is 308 g/mol. The van der Waals surface area contributed by atoms with Crippen molar-refractivity contribution in [2.45, 2.75) is 26.3 Å². The molecular weight excluding hydrogens is 284 g/mol. The van der Waals surface area contributed by atoms with Gasteiger partial charge >= 0.3 is 0 Å². The fourth-order valence-electron chi connectivity index (χ4n) is 2.68. The molecule has 0 unspecified atom stereocenters. The summed E-state index contributed by atoms with van der Waals surface area (Å²) in [7, 11) is 0. The van der Waals surface area contributed by atoms with Crippen molar-refractivity contribution in [1.82, 2.24) is 20.1 Å². The van der Waals surface area contributed by atoms with Crippen LogP contribution >= 0.6 is 11.3 Å². The highest BCUT2D eigenvalue weighted by Gasteiger charge is 2.23. The first kappa shape index (κ1) is 14.9. The highest BCUT2D eigenvalue weighted by molar-refractivity contribution is 7.09. The maximum Gasteiger partial charge on any atom is 0.236 e. The van der Waals surface area contributed by atoms with Crippen LogP contribution in [0.5, 0.6) is 0 Å². The Kier molecular flexibility index (Phi) is 4.87. The normalized spacial score (nSPS) is 20.0. The summed E-state index contributed by atoms with van der Waals surface area (Å²) in [4.78, 5) is 21.0. The number of thiazole rings is 1. The van der Waals surface area contributed by atoms with E-state index in [2.05, 4.69) is 20.6 Å². The van der Waals surface area contributed by atoms with Crippen molar-refractivity contribution in [2.75, 3.05) is 39.3 Å². The number of hydrogen-bond donors (Lipinski definition) is 1. The third-order valence-corrected chi connectivity index (χ3v) is 5.01. The Morgan fingerprint density at radius 3 is 2.76 bits per heavy atom. The van der Waals surface area contributed by atoms with Crippen molar-refractivity contribution >= 4 is 17.2 Å². The molecule has 3 rings (SSSR count). The van der Waals surface area contributed by atoms with E-state index in [0.717, 1.165) is 55.9 Å². The predicted molar refractivity (Wildman–Crippen MR) is 84.3 cm³/mol. The zero-order chi connectivity index (χ0) is 14.7. The molecule has 1 saturated carbocycles. The van der Waals surface area contributed by atoms with Gasteiger partial charge in [-0.15, -0.1) is 11.3 Å². The molecule has 0 aromatic carbocycles. The number of rotatable bonds is 6. The van der Waals surface area contributed by atoms with Crippen LogP contribution in [-0.2, 0) is 11.3 Å². The fraction of sp³-hybridized carbons (Fsp3) is 0.733. The first-order chi connectivity index (χ1) is 10.2. The van der Waals surface area contributed by atoms with Crippen LogP contribution in [-0.4, -0.2) is 60.0 Å². The molecule has 5 nitrogen and oxygen atoms in total. The minimum Gasteiger partial charge on any atom is -0.339 e. The van der Waals surface area contributed by atoms with Crippen molar-refractivity contribution in [1.29, 1.82) is 0 Å². The Labute approximate surface area is 130 Å². The van der Waals surface area contributed by atoms with Crippen LogP contribution < -0.4 is 5.32 Å². The molecule has 1 aromatic heterocycles. The molecule has 2 fully saturated rings. The number of carbonyl (C=O) groups is 1. The van der Waals surface area contributed by atoms with E-state index in [1.165, 1.54) is 12.8 Å². The van der Waals surface area contributed by atoms with Crippen molar-refractivity contribution in [2.24, 2.45) is 5.92 Å². The van der Waals surface area contributed by atoms with Gasteiger partial charge in [0.25, 0.3) is 0 Å². The summed E-state index contributed by atoms with van der Waals surface area (Å²) in [6.07, 6.45) is 2.66. The van der Waals surface area contributed by atoms with Gasteiger partial charge in [-0.05, 0) is 32.2 Å². The van der Waals surface area contributed by atoms with Crippen molar-refractivity contribution in [3.8, 4) is 0 Å². The number of hydrogen-bond acceptors (Lipinski definition) is 5. The van der Waals surface area contributed by atoms with Crippen LogP contribution in [0.2, 0.25) is 0 Å². The maximum atomic E-state index is 12.1. The van der Waals surface area contributed by atoms with Crippen molar-refractivity contribution in [3.05, 3.63) is 16.1 Å². The summed E-state index contributed by atoms with van der Waals surface area (Å²) in [5, 5.41) is 6.54.